The molecule has 0 aliphatic carbocycles. The predicted molar refractivity (Wildman–Crippen MR) is 92.5 cm³/mol. The molecule has 0 fully saturated rings. The molecule has 2 rings (SSSR count). The van der Waals surface area contributed by atoms with E-state index in [0.717, 1.165) is 23.9 Å². The molecule has 0 spiro atoms. The highest BCUT2D eigenvalue weighted by Gasteiger charge is 2.36. The van der Waals surface area contributed by atoms with Gasteiger partial charge in [0, 0.05) is 18.2 Å². The highest BCUT2D eigenvalue weighted by atomic mass is 32.2. The molecular weight excluding hydrogens is 387 g/mol. The van der Waals surface area contributed by atoms with Crippen molar-refractivity contribution in [2.24, 2.45) is 0 Å². The second kappa shape index (κ2) is 7.94. The van der Waals surface area contributed by atoms with Gasteiger partial charge in [-0.05, 0) is 26.8 Å². The Balaban J connectivity index is 2.21. The number of alkyl halides is 3. The lowest BCUT2D eigenvalue weighted by Gasteiger charge is -2.16. The number of amides is 1. The molecule has 146 valence electrons. The lowest BCUT2D eigenvalue weighted by atomic mass is 10.1. The fraction of sp³-hybridized carbons (Fsp3) is 0.400. The molecule has 1 aromatic carbocycles. The highest BCUT2D eigenvalue weighted by molar-refractivity contribution is 8.00. The molecule has 1 atom stereocenters. The van der Waals surface area contributed by atoms with E-state index in [2.05, 4.69) is 15.5 Å². The first-order chi connectivity index (χ1) is 12.5. The lowest BCUT2D eigenvalue weighted by molar-refractivity contribution is -0.385. The first kappa shape index (κ1) is 20.7. The van der Waals surface area contributed by atoms with Gasteiger partial charge in [0.1, 0.15) is 6.33 Å². The van der Waals surface area contributed by atoms with E-state index in [-0.39, 0.29) is 6.04 Å². The number of hydrogen-bond acceptors (Lipinski definition) is 6. The van der Waals surface area contributed by atoms with Gasteiger partial charge in [-0.3, -0.25) is 14.9 Å². The predicted octanol–water partition coefficient (Wildman–Crippen LogP) is 3.91. The number of non-ortho nitro benzene ring substituents is 1. The molecule has 1 heterocycles. The topological polar surface area (TPSA) is 103 Å². The number of nitro benzene ring substituents is 1. The van der Waals surface area contributed by atoms with Crippen LogP contribution in [0.1, 0.15) is 32.4 Å². The zero-order valence-electron chi connectivity index (χ0n) is 14.5. The summed E-state index contributed by atoms with van der Waals surface area (Å²) in [6.07, 6.45) is -3.36. The van der Waals surface area contributed by atoms with Gasteiger partial charge in [0.25, 0.3) is 5.69 Å². The summed E-state index contributed by atoms with van der Waals surface area (Å²) in [6.45, 7) is 5.30. The Morgan fingerprint density at radius 2 is 2.00 bits per heavy atom. The summed E-state index contributed by atoms with van der Waals surface area (Å²) in [5, 5.41) is 20.2. The molecule has 0 aliphatic heterocycles. The van der Waals surface area contributed by atoms with Crippen LogP contribution in [0.25, 0.3) is 0 Å². The molecule has 1 amide bonds. The summed E-state index contributed by atoms with van der Waals surface area (Å²) in [5.41, 5.74) is -2.55. The van der Waals surface area contributed by atoms with E-state index < -0.39 is 39.2 Å². The van der Waals surface area contributed by atoms with Gasteiger partial charge in [0.15, 0.2) is 5.16 Å². The molecule has 0 aliphatic rings. The zero-order chi connectivity index (χ0) is 20.4. The number of nitro groups is 1. The third kappa shape index (κ3) is 4.96. The summed E-state index contributed by atoms with van der Waals surface area (Å²) in [6, 6.07) is 2.21. The van der Waals surface area contributed by atoms with Gasteiger partial charge in [-0.15, -0.1) is 10.2 Å². The van der Waals surface area contributed by atoms with Crippen molar-refractivity contribution in [1.82, 2.24) is 14.8 Å². The van der Waals surface area contributed by atoms with Crippen molar-refractivity contribution >= 4 is 29.0 Å². The largest absolute Gasteiger partial charge is 0.418 e. The van der Waals surface area contributed by atoms with Gasteiger partial charge in [0.05, 0.1) is 21.4 Å². The maximum absolute atomic E-state index is 13.2. The summed E-state index contributed by atoms with van der Waals surface area (Å²) < 4.78 is 41.3. The molecule has 0 saturated heterocycles. The minimum Gasteiger partial charge on any atom is -0.325 e. The number of rotatable bonds is 6. The Bertz CT molecular complexity index is 853. The van der Waals surface area contributed by atoms with E-state index in [9.17, 15) is 28.1 Å². The van der Waals surface area contributed by atoms with Crippen LogP contribution >= 0.6 is 11.8 Å². The van der Waals surface area contributed by atoms with E-state index in [1.165, 1.54) is 13.3 Å². The van der Waals surface area contributed by atoms with Crippen LogP contribution in [0.3, 0.4) is 0 Å². The Labute approximate surface area is 156 Å². The number of halogens is 3. The number of carbonyl (C=O) groups is 1. The summed E-state index contributed by atoms with van der Waals surface area (Å²) >= 11 is 1.04. The lowest BCUT2D eigenvalue weighted by Crippen LogP contribution is -2.24. The standard InChI is InChI=1S/C15H16F3N5O3S/c1-8(2)22-7-19-21-14(22)27-9(3)13(24)20-12-5-4-10(23(25)26)6-11(12)15(16,17)18/h4-9H,1-3H3,(H,20,24)/t9-/m0/s1. The van der Waals surface area contributed by atoms with Crippen LogP contribution in [0.4, 0.5) is 24.5 Å². The number of nitrogens with one attached hydrogen (secondary N) is 1. The number of thioether (sulfide) groups is 1. The van der Waals surface area contributed by atoms with Gasteiger partial charge >= 0.3 is 6.18 Å². The second-order valence-corrected chi connectivity index (χ2v) is 7.16. The van der Waals surface area contributed by atoms with Crippen molar-refractivity contribution in [3.63, 3.8) is 0 Å². The van der Waals surface area contributed by atoms with Crippen molar-refractivity contribution in [2.75, 3.05) is 5.32 Å². The molecule has 2 aromatic rings. The molecule has 1 N–H and O–H groups in total. The number of anilines is 1. The van der Waals surface area contributed by atoms with Crippen LogP contribution in [0.2, 0.25) is 0 Å². The molecular formula is C15H16F3N5O3S. The van der Waals surface area contributed by atoms with E-state index >= 15 is 0 Å². The minimum absolute atomic E-state index is 0.0456. The SMILES string of the molecule is CC(C)n1cnnc1S[C@@H](C)C(=O)Nc1ccc([N+](=O)[O-])cc1C(F)(F)F. The van der Waals surface area contributed by atoms with E-state index in [0.29, 0.717) is 11.2 Å². The van der Waals surface area contributed by atoms with Gasteiger partial charge in [-0.25, -0.2) is 0 Å². The third-order valence-electron chi connectivity index (χ3n) is 3.53. The molecule has 12 heteroatoms. The molecule has 0 bridgehead atoms. The van der Waals surface area contributed by atoms with E-state index in [1.54, 1.807) is 4.57 Å². The summed E-state index contributed by atoms with van der Waals surface area (Å²) in [4.78, 5) is 22.1. The highest BCUT2D eigenvalue weighted by Crippen LogP contribution is 2.37. The van der Waals surface area contributed by atoms with Crippen LogP contribution in [0.15, 0.2) is 29.7 Å². The normalized spacial score (nSPS) is 12.9. The number of benzene rings is 1. The number of aromatic nitrogens is 3. The van der Waals surface area contributed by atoms with Crippen LogP contribution in [0, 0.1) is 10.1 Å². The van der Waals surface area contributed by atoms with Crippen LogP contribution in [-0.4, -0.2) is 30.8 Å². The van der Waals surface area contributed by atoms with E-state index in [4.69, 9.17) is 0 Å². The van der Waals surface area contributed by atoms with Crippen molar-refractivity contribution in [3.8, 4) is 0 Å². The van der Waals surface area contributed by atoms with Crippen LogP contribution < -0.4 is 5.32 Å². The average molecular weight is 403 g/mol. The van der Waals surface area contributed by atoms with Gasteiger partial charge in [0.2, 0.25) is 5.91 Å². The minimum atomic E-state index is -4.86. The van der Waals surface area contributed by atoms with Gasteiger partial charge in [-0.1, -0.05) is 11.8 Å². The van der Waals surface area contributed by atoms with E-state index in [1.807, 2.05) is 13.8 Å². The molecule has 0 saturated carbocycles. The summed E-state index contributed by atoms with van der Waals surface area (Å²) in [7, 11) is 0. The molecule has 8 nitrogen and oxygen atoms in total. The fourth-order valence-corrected chi connectivity index (χ4v) is 3.06. The smallest absolute Gasteiger partial charge is 0.325 e. The quantitative estimate of drug-likeness (QED) is 0.446. The first-order valence-electron chi connectivity index (χ1n) is 7.73. The molecule has 0 radical (unpaired) electrons. The average Bonchev–Trinajstić information content (AvgIpc) is 3.02. The van der Waals surface area contributed by atoms with Crippen molar-refractivity contribution in [2.45, 2.75) is 43.4 Å². The Hall–Kier alpha value is -2.63. The first-order valence-corrected chi connectivity index (χ1v) is 8.61. The van der Waals surface area contributed by atoms with Crippen LogP contribution in [0.5, 0.6) is 0 Å². The molecule has 1 aromatic heterocycles. The summed E-state index contributed by atoms with van der Waals surface area (Å²) in [5.74, 6) is -0.697. The van der Waals surface area contributed by atoms with Gasteiger partial charge in [-0.2, -0.15) is 13.2 Å². The van der Waals surface area contributed by atoms with Crippen molar-refractivity contribution in [3.05, 3.63) is 40.2 Å². The number of nitrogens with zero attached hydrogens (tertiary/aromatic N) is 4. The van der Waals surface area contributed by atoms with Crippen molar-refractivity contribution < 1.29 is 22.9 Å². The Morgan fingerprint density at radius 3 is 2.56 bits per heavy atom. The Morgan fingerprint density at radius 1 is 1.33 bits per heavy atom. The Kier molecular flexibility index (Phi) is 6.08. The molecule has 0 unspecified atom stereocenters. The third-order valence-corrected chi connectivity index (χ3v) is 4.60. The number of carbonyl (C=O) groups excluding carboxylic acids is 1. The zero-order valence-corrected chi connectivity index (χ0v) is 15.3. The maximum Gasteiger partial charge on any atom is 0.418 e. The second-order valence-electron chi connectivity index (χ2n) is 5.85. The van der Waals surface area contributed by atoms with Crippen LogP contribution in [-0.2, 0) is 11.0 Å². The maximum atomic E-state index is 13.2. The number of hydrogen-bond donors (Lipinski definition) is 1. The fourth-order valence-electron chi connectivity index (χ4n) is 2.11. The monoisotopic (exact) mass is 403 g/mol. The molecule has 27 heavy (non-hydrogen) atoms. The van der Waals surface area contributed by atoms with Gasteiger partial charge < -0.3 is 9.88 Å². The van der Waals surface area contributed by atoms with Crippen molar-refractivity contribution in [1.29, 1.82) is 0 Å².